The van der Waals surface area contributed by atoms with Crippen LogP contribution in [-0.4, -0.2) is 11.1 Å². The molecular weight excluding hydrogens is 224 g/mol. The van der Waals surface area contributed by atoms with Crippen LogP contribution in [0.25, 0.3) is 0 Å². The van der Waals surface area contributed by atoms with Gasteiger partial charge in [-0.3, -0.25) is 4.79 Å². The Bertz CT molecular complexity index is 403. The molecule has 0 aromatic heterocycles. The molecule has 0 heterocycles. The Morgan fingerprint density at radius 2 is 1.78 bits per heavy atom. The molecule has 0 saturated heterocycles. The smallest absolute Gasteiger partial charge is 0.309 e. The minimum atomic E-state index is -0.734. The first-order valence-corrected chi connectivity index (χ1v) is 6.73. The lowest BCUT2D eigenvalue weighted by Gasteiger charge is -2.23. The van der Waals surface area contributed by atoms with Crippen molar-refractivity contribution in [3.8, 4) is 0 Å². The number of carbonyl (C=O) groups is 1. The number of hydrogen-bond donors (Lipinski definition) is 1. The molecule has 0 fully saturated rings. The van der Waals surface area contributed by atoms with Crippen molar-refractivity contribution in [2.75, 3.05) is 0 Å². The minimum Gasteiger partial charge on any atom is -0.481 e. The zero-order valence-corrected chi connectivity index (χ0v) is 11.9. The fraction of sp³-hybridized carbons (Fsp3) is 0.562. The minimum absolute atomic E-state index is 0.533. The second kappa shape index (κ2) is 6.03. The Balaban J connectivity index is 3.06. The van der Waals surface area contributed by atoms with E-state index in [0.717, 1.165) is 12.8 Å². The summed E-state index contributed by atoms with van der Waals surface area (Å²) < 4.78 is 0. The van der Waals surface area contributed by atoms with Crippen molar-refractivity contribution in [3.05, 3.63) is 35.4 Å². The molecule has 1 rings (SSSR count). The molecule has 1 aromatic carbocycles. The summed E-state index contributed by atoms with van der Waals surface area (Å²) in [4.78, 5) is 11.2. The van der Waals surface area contributed by atoms with Gasteiger partial charge in [0.05, 0.1) is 5.41 Å². The van der Waals surface area contributed by atoms with E-state index in [2.05, 4.69) is 26.0 Å². The third-order valence-corrected chi connectivity index (χ3v) is 3.69. The molecule has 0 amide bonds. The van der Waals surface area contributed by atoms with Gasteiger partial charge in [0.2, 0.25) is 0 Å². The van der Waals surface area contributed by atoms with Crippen LogP contribution < -0.4 is 0 Å². The van der Waals surface area contributed by atoms with Crippen LogP contribution in [0.15, 0.2) is 24.3 Å². The van der Waals surface area contributed by atoms with E-state index < -0.39 is 11.4 Å². The molecule has 0 aliphatic rings. The zero-order valence-electron chi connectivity index (χ0n) is 11.9. The van der Waals surface area contributed by atoms with Crippen LogP contribution in [-0.2, 0) is 11.2 Å². The van der Waals surface area contributed by atoms with E-state index in [1.807, 2.05) is 12.1 Å². The van der Waals surface area contributed by atoms with Gasteiger partial charge in [-0.05, 0) is 50.2 Å². The maximum Gasteiger partial charge on any atom is 0.309 e. The van der Waals surface area contributed by atoms with E-state index in [0.29, 0.717) is 12.3 Å². The highest BCUT2D eigenvalue weighted by atomic mass is 16.4. The zero-order chi connectivity index (χ0) is 13.8. The van der Waals surface area contributed by atoms with Gasteiger partial charge in [0.25, 0.3) is 0 Å². The number of aliphatic carboxylic acids is 1. The lowest BCUT2D eigenvalue weighted by molar-refractivity contribution is -0.146. The fourth-order valence-electron chi connectivity index (χ4n) is 2.37. The largest absolute Gasteiger partial charge is 0.481 e. The lowest BCUT2D eigenvalue weighted by Crippen LogP contribution is -2.26. The van der Waals surface area contributed by atoms with Gasteiger partial charge in [-0.25, -0.2) is 0 Å². The second-order valence-corrected chi connectivity index (χ2v) is 5.58. The van der Waals surface area contributed by atoms with Crippen LogP contribution >= 0.6 is 0 Å². The van der Waals surface area contributed by atoms with Crippen LogP contribution in [0.1, 0.15) is 57.6 Å². The highest BCUT2D eigenvalue weighted by molar-refractivity contribution is 5.74. The Kier molecular flexibility index (Phi) is 4.94. The van der Waals surface area contributed by atoms with Crippen LogP contribution in [0.3, 0.4) is 0 Å². The van der Waals surface area contributed by atoms with Crippen LogP contribution in [0.5, 0.6) is 0 Å². The highest BCUT2D eigenvalue weighted by Crippen LogP contribution is 2.31. The van der Waals surface area contributed by atoms with E-state index in [9.17, 15) is 9.90 Å². The van der Waals surface area contributed by atoms with Crippen molar-refractivity contribution >= 4 is 5.97 Å². The summed E-state index contributed by atoms with van der Waals surface area (Å²) in [6, 6.07) is 8.26. The maximum absolute atomic E-state index is 11.2. The molecule has 0 radical (unpaired) electrons. The molecule has 0 atom stereocenters. The van der Waals surface area contributed by atoms with Gasteiger partial charge in [0.1, 0.15) is 0 Å². The Morgan fingerprint density at radius 1 is 1.22 bits per heavy atom. The van der Waals surface area contributed by atoms with Gasteiger partial charge >= 0.3 is 5.97 Å². The third-order valence-electron chi connectivity index (χ3n) is 3.69. The lowest BCUT2D eigenvalue weighted by atomic mass is 9.81. The Hall–Kier alpha value is -1.31. The van der Waals surface area contributed by atoms with Crippen molar-refractivity contribution < 1.29 is 9.90 Å². The van der Waals surface area contributed by atoms with E-state index >= 15 is 0 Å². The molecule has 100 valence electrons. The topological polar surface area (TPSA) is 37.3 Å². The average Bonchev–Trinajstić information content (AvgIpc) is 2.32. The first kappa shape index (κ1) is 14.7. The Morgan fingerprint density at radius 3 is 2.28 bits per heavy atom. The summed E-state index contributed by atoms with van der Waals surface area (Å²) in [6.07, 6.45) is 2.79. The van der Waals surface area contributed by atoms with Gasteiger partial charge < -0.3 is 5.11 Å². The van der Waals surface area contributed by atoms with Gasteiger partial charge in [-0.15, -0.1) is 0 Å². The number of carboxylic acid groups (broad SMARTS) is 1. The van der Waals surface area contributed by atoms with Gasteiger partial charge in [0.15, 0.2) is 0 Å². The van der Waals surface area contributed by atoms with Gasteiger partial charge in [0, 0.05) is 0 Å². The standard InChI is InChI=1S/C16H24O2/c1-5-12(6-2)14-10-8-7-9-13(14)11-16(3,4)15(17)18/h7-10,12H,5-6,11H2,1-4H3,(H,17,18). The third kappa shape index (κ3) is 3.34. The molecule has 0 saturated carbocycles. The van der Waals surface area contributed by atoms with E-state index in [1.54, 1.807) is 13.8 Å². The predicted octanol–water partition coefficient (Wildman–Crippen LogP) is 4.24. The number of benzene rings is 1. The second-order valence-electron chi connectivity index (χ2n) is 5.58. The van der Waals surface area contributed by atoms with Crippen molar-refractivity contribution in [1.82, 2.24) is 0 Å². The van der Waals surface area contributed by atoms with Gasteiger partial charge in [-0.2, -0.15) is 0 Å². The van der Waals surface area contributed by atoms with Crippen LogP contribution in [0.4, 0.5) is 0 Å². The summed E-state index contributed by atoms with van der Waals surface area (Å²) in [5, 5.41) is 9.25. The summed E-state index contributed by atoms with van der Waals surface area (Å²) in [5.74, 6) is -0.201. The van der Waals surface area contributed by atoms with Crippen LogP contribution in [0, 0.1) is 5.41 Å². The van der Waals surface area contributed by atoms with E-state index in [1.165, 1.54) is 11.1 Å². The van der Waals surface area contributed by atoms with Crippen molar-refractivity contribution in [3.63, 3.8) is 0 Å². The van der Waals surface area contributed by atoms with Crippen molar-refractivity contribution in [2.24, 2.45) is 5.41 Å². The monoisotopic (exact) mass is 248 g/mol. The molecule has 0 aliphatic heterocycles. The average molecular weight is 248 g/mol. The molecule has 0 unspecified atom stereocenters. The fourth-order valence-corrected chi connectivity index (χ4v) is 2.37. The predicted molar refractivity (Wildman–Crippen MR) is 74.9 cm³/mol. The summed E-state index contributed by atoms with van der Waals surface area (Å²) in [6.45, 7) is 7.96. The molecule has 1 aromatic rings. The Labute approximate surface area is 110 Å². The van der Waals surface area contributed by atoms with E-state index in [-0.39, 0.29) is 0 Å². The molecule has 18 heavy (non-hydrogen) atoms. The highest BCUT2D eigenvalue weighted by Gasteiger charge is 2.28. The summed E-state index contributed by atoms with van der Waals surface area (Å²) in [5.41, 5.74) is 1.79. The van der Waals surface area contributed by atoms with Gasteiger partial charge in [-0.1, -0.05) is 38.1 Å². The molecular formula is C16H24O2. The number of carboxylic acids is 1. The van der Waals surface area contributed by atoms with Crippen molar-refractivity contribution in [1.29, 1.82) is 0 Å². The first-order valence-electron chi connectivity index (χ1n) is 6.73. The van der Waals surface area contributed by atoms with Crippen LogP contribution in [0.2, 0.25) is 0 Å². The summed E-state index contributed by atoms with van der Waals surface area (Å²) >= 11 is 0. The molecule has 0 spiro atoms. The SMILES string of the molecule is CCC(CC)c1ccccc1CC(C)(C)C(=O)O. The maximum atomic E-state index is 11.2. The summed E-state index contributed by atoms with van der Waals surface area (Å²) in [7, 11) is 0. The molecule has 0 aliphatic carbocycles. The quantitative estimate of drug-likeness (QED) is 0.817. The number of rotatable bonds is 6. The molecule has 2 heteroatoms. The molecule has 1 N–H and O–H groups in total. The van der Waals surface area contributed by atoms with Crippen molar-refractivity contribution in [2.45, 2.75) is 52.9 Å². The normalized spacial score (nSPS) is 11.8. The first-order chi connectivity index (χ1) is 8.42. The van der Waals surface area contributed by atoms with E-state index in [4.69, 9.17) is 0 Å². The molecule has 2 nitrogen and oxygen atoms in total. The molecule has 0 bridgehead atoms. The number of hydrogen-bond acceptors (Lipinski definition) is 1.